The first-order valence-corrected chi connectivity index (χ1v) is 4.68. The fraction of sp³-hybridized carbons (Fsp3) is 0.700. The number of carbonyl (C=O) groups excluding carboxylic acids is 1. The van der Waals surface area contributed by atoms with Crippen molar-refractivity contribution in [2.75, 3.05) is 0 Å². The van der Waals surface area contributed by atoms with Gasteiger partial charge in [-0.2, -0.15) is 0 Å². The molecular weight excluding hydrogens is 152 g/mol. The topological polar surface area (TPSA) is 26.3 Å². The molecule has 0 aromatic carbocycles. The standard InChI is InChI=1S/C10H14O2/c1-2-3-4-7-6-12-10-8(5-11)9(7)10/h5-6,8-10H,2-4H2,1H3. The number of aldehydes is 1. The Hall–Kier alpha value is -0.790. The van der Waals surface area contributed by atoms with E-state index in [0.717, 1.165) is 12.7 Å². The van der Waals surface area contributed by atoms with Crippen LogP contribution in [-0.2, 0) is 9.53 Å². The Morgan fingerprint density at radius 1 is 1.67 bits per heavy atom. The van der Waals surface area contributed by atoms with Gasteiger partial charge in [-0.3, -0.25) is 0 Å². The molecule has 0 aromatic rings. The quantitative estimate of drug-likeness (QED) is 0.596. The molecule has 1 fully saturated rings. The van der Waals surface area contributed by atoms with Gasteiger partial charge in [-0.05, 0) is 18.4 Å². The largest absolute Gasteiger partial charge is 0.497 e. The second kappa shape index (κ2) is 2.92. The monoisotopic (exact) mass is 166 g/mol. The summed E-state index contributed by atoms with van der Waals surface area (Å²) >= 11 is 0. The fourth-order valence-electron chi connectivity index (χ4n) is 1.95. The first-order chi connectivity index (χ1) is 5.88. The molecule has 2 aliphatic rings. The summed E-state index contributed by atoms with van der Waals surface area (Å²) in [4.78, 5) is 10.5. The van der Waals surface area contributed by atoms with Gasteiger partial charge < -0.3 is 9.53 Å². The molecule has 3 unspecified atom stereocenters. The van der Waals surface area contributed by atoms with Crippen LogP contribution < -0.4 is 0 Å². The lowest BCUT2D eigenvalue weighted by Gasteiger charge is -1.99. The molecule has 2 heteroatoms. The van der Waals surface area contributed by atoms with E-state index < -0.39 is 0 Å². The number of ether oxygens (including phenoxy) is 1. The van der Waals surface area contributed by atoms with Crippen LogP contribution in [0, 0.1) is 11.8 Å². The summed E-state index contributed by atoms with van der Waals surface area (Å²) in [6.45, 7) is 2.18. The molecule has 0 bridgehead atoms. The zero-order valence-electron chi connectivity index (χ0n) is 7.32. The molecule has 0 spiro atoms. The number of fused-ring (bicyclic) bond motifs is 1. The van der Waals surface area contributed by atoms with Crippen LogP contribution in [0.3, 0.4) is 0 Å². The molecule has 3 atom stereocenters. The average molecular weight is 166 g/mol. The van der Waals surface area contributed by atoms with Crippen molar-refractivity contribution in [1.82, 2.24) is 0 Å². The number of hydrogen-bond acceptors (Lipinski definition) is 2. The molecule has 2 nitrogen and oxygen atoms in total. The zero-order chi connectivity index (χ0) is 8.55. The van der Waals surface area contributed by atoms with Gasteiger partial charge in [0.05, 0.1) is 12.2 Å². The van der Waals surface area contributed by atoms with Crippen LogP contribution in [0.4, 0.5) is 0 Å². The predicted molar refractivity (Wildman–Crippen MR) is 45.5 cm³/mol. The molecule has 2 rings (SSSR count). The molecule has 1 saturated carbocycles. The molecule has 1 aliphatic heterocycles. The SMILES string of the molecule is CCCCC1=COC2C(C=O)C12. The van der Waals surface area contributed by atoms with E-state index in [1.807, 2.05) is 6.26 Å². The van der Waals surface area contributed by atoms with Crippen molar-refractivity contribution in [3.63, 3.8) is 0 Å². The van der Waals surface area contributed by atoms with Crippen molar-refractivity contribution >= 4 is 6.29 Å². The second-order valence-corrected chi connectivity index (χ2v) is 3.64. The summed E-state index contributed by atoms with van der Waals surface area (Å²) in [5, 5.41) is 0. The van der Waals surface area contributed by atoms with E-state index in [1.54, 1.807) is 0 Å². The molecular formula is C10H14O2. The normalized spacial score (nSPS) is 36.8. The first kappa shape index (κ1) is 7.84. The summed E-state index contributed by atoms with van der Waals surface area (Å²) in [6, 6.07) is 0. The minimum Gasteiger partial charge on any atom is -0.497 e. The Balaban J connectivity index is 1.88. The molecule has 0 amide bonds. The van der Waals surface area contributed by atoms with Crippen molar-refractivity contribution in [2.24, 2.45) is 11.8 Å². The van der Waals surface area contributed by atoms with Crippen LogP contribution in [0.5, 0.6) is 0 Å². The Morgan fingerprint density at radius 2 is 2.50 bits per heavy atom. The van der Waals surface area contributed by atoms with Crippen LogP contribution in [0.1, 0.15) is 26.2 Å². The zero-order valence-corrected chi connectivity index (χ0v) is 7.32. The summed E-state index contributed by atoms with van der Waals surface area (Å²) < 4.78 is 5.35. The van der Waals surface area contributed by atoms with Gasteiger partial charge in [-0.1, -0.05) is 13.3 Å². The highest BCUT2D eigenvalue weighted by Gasteiger charge is 2.56. The third-order valence-corrected chi connectivity index (χ3v) is 2.79. The van der Waals surface area contributed by atoms with Crippen molar-refractivity contribution in [3.05, 3.63) is 11.8 Å². The average Bonchev–Trinajstić information content (AvgIpc) is 2.66. The highest BCUT2D eigenvalue weighted by Crippen LogP contribution is 2.51. The van der Waals surface area contributed by atoms with Crippen LogP contribution in [0.15, 0.2) is 11.8 Å². The molecule has 12 heavy (non-hydrogen) atoms. The lowest BCUT2D eigenvalue weighted by Crippen LogP contribution is -1.92. The van der Waals surface area contributed by atoms with Crippen LogP contribution in [0.25, 0.3) is 0 Å². The Bertz CT molecular complexity index is 220. The van der Waals surface area contributed by atoms with Gasteiger partial charge in [0.2, 0.25) is 0 Å². The number of carbonyl (C=O) groups is 1. The van der Waals surface area contributed by atoms with E-state index in [-0.39, 0.29) is 12.0 Å². The van der Waals surface area contributed by atoms with E-state index in [0.29, 0.717) is 5.92 Å². The van der Waals surface area contributed by atoms with Gasteiger partial charge in [0.15, 0.2) is 0 Å². The maximum absolute atomic E-state index is 10.5. The maximum atomic E-state index is 10.5. The summed E-state index contributed by atoms with van der Waals surface area (Å²) in [7, 11) is 0. The maximum Gasteiger partial charge on any atom is 0.127 e. The van der Waals surface area contributed by atoms with E-state index in [4.69, 9.17) is 4.74 Å². The first-order valence-electron chi connectivity index (χ1n) is 4.68. The van der Waals surface area contributed by atoms with E-state index >= 15 is 0 Å². The third kappa shape index (κ3) is 1.06. The van der Waals surface area contributed by atoms with Gasteiger partial charge in [-0.15, -0.1) is 0 Å². The molecule has 1 heterocycles. The highest BCUT2D eigenvalue weighted by atomic mass is 16.5. The van der Waals surface area contributed by atoms with Gasteiger partial charge in [0.25, 0.3) is 0 Å². The molecule has 66 valence electrons. The van der Waals surface area contributed by atoms with Gasteiger partial charge >= 0.3 is 0 Å². The second-order valence-electron chi connectivity index (χ2n) is 3.64. The third-order valence-electron chi connectivity index (χ3n) is 2.79. The number of unbranched alkanes of at least 4 members (excludes halogenated alkanes) is 1. The molecule has 0 aromatic heterocycles. The van der Waals surface area contributed by atoms with Crippen molar-refractivity contribution in [3.8, 4) is 0 Å². The van der Waals surface area contributed by atoms with E-state index in [1.165, 1.54) is 18.4 Å². The van der Waals surface area contributed by atoms with E-state index in [2.05, 4.69) is 6.92 Å². The van der Waals surface area contributed by atoms with Gasteiger partial charge in [0, 0.05) is 5.92 Å². The summed E-state index contributed by atoms with van der Waals surface area (Å²) in [6.07, 6.45) is 6.65. The number of hydrogen-bond donors (Lipinski definition) is 0. The predicted octanol–water partition coefficient (Wildman–Crippen LogP) is 1.90. The number of rotatable bonds is 4. The van der Waals surface area contributed by atoms with Crippen molar-refractivity contribution in [1.29, 1.82) is 0 Å². The summed E-state index contributed by atoms with van der Waals surface area (Å²) in [5.41, 5.74) is 1.36. The lowest BCUT2D eigenvalue weighted by atomic mass is 10.1. The molecule has 0 saturated heterocycles. The van der Waals surface area contributed by atoms with Crippen LogP contribution >= 0.6 is 0 Å². The minimum absolute atomic E-state index is 0.182. The molecule has 1 aliphatic carbocycles. The van der Waals surface area contributed by atoms with Gasteiger partial charge in [-0.25, -0.2) is 0 Å². The van der Waals surface area contributed by atoms with Crippen LogP contribution in [-0.4, -0.2) is 12.4 Å². The Labute approximate surface area is 72.6 Å². The molecule has 0 radical (unpaired) electrons. The minimum atomic E-state index is 0.182. The highest BCUT2D eigenvalue weighted by molar-refractivity contribution is 5.63. The van der Waals surface area contributed by atoms with Crippen molar-refractivity contribution in [2.45, 2.75) is 32.3 Å². The van der Waals surface area contributed by atoms with Crippen LogP contribution in [0.2, 0.25) is 0 Å². The Morgan fingerprint density at radius 3 is 3.08 bits per heavy atom. The van der Waals surface area contributed by atoms with Crippen molar-refractivity contribution < 1.29 is 9.53 Å². The fourth-order valence-corrected chi connectivity index (χ4v) is 1.95. The smallest absolute Gasteiger partial charge is 0.127 e. The van der Waals surface area contributed by atoms with E-state index in [9.17, 15) is 4.79 Å². The molecule has 0 N–H and O–H groups in total. The Kier molecular flexibility index (Phi) is 1.91. The van der Waals surface area contributed by atoms with Gasteiger partial charge in [0.1, 0.15) is 12.4 Å². The summed E-state index contributed by atoms with van der Waals surface area (Å²) in [5.74, 6) is 0.635. The lowest BCUT2D eigenvalue weighted by molar-refractivity contribution is -0.109.